The summed E-state index contributed by atoms with van der Waals surface area (Å²) in [5.74, 6) is 0.714. The van der Waals surface area contributed by atoms with E-state index in [1.54, 1.807) is 12.1 Å². The number of carbonyl (C=O) groups is 1. The normalized spacial score (nSPS) is 14.8. The molecule has 0 aliphatic carbocycles. The van der Waals surface area contributed by atoms with Crippen molar-refractivity contribution in [2.24, 2.45) is 0 Å². The molecular formula is C17H16Cl2N2O4S2. The van der Waals surface area contributed by atoms with E-state index in [1.165, 1.54) is 24.3 Å². The van der Waals surface area contributed by atoms with Crippen LogP contribution in [0, 0.1) is 0 Å². The second-order valence-electron chi connectivity index (χ2n) is 5.82. The molecule has 0 amide bonds. The third kappa shape index (κ3) is 4.63. The SMILES string of the molecule is O=C(O)c1cc(NS(=O)(=O)c2cc(Cl)ccc2Cl)ccc1N1CCSCC1. The van der Waals surface area contributed by atoms with Crippen molar-refractivity contribution in [1.29, 1.82) is 0 Å². The Morgan fingerprint density at radius 1 is 1.11 bits per heavy atom. The Hall–Kier alpha value is -1.61. The minimum absolute atomic E-state index is 0.0211. The Morgan fingerprint density at radius 3 is 2.48 bits per heavy atom. The average Bonchev–Trinajstić information content (AvgIpc) is 2.64. The first-order chi connectivity index (χ1) is 12.8. The molecule has 2 N–H and O–H groups in total. The quantitative estimate of drug-likeness (QED) is 0.720. The Kier molecular flexibility index (Phi) is 6.10. The molecule has 2 aromatic rings. The van der Waals surface area contributed by atoms with Crippen LogP contribution in [0.3, 0.4) is 0 Å². The molecule has 2 aromatic carbocycles. The molecule has 27 heavy (non-hydrogen) atoms. The van der Waals surface area contributed by atoms with Gasteiger partial charge in [-0.2, -0.15) is 11.8 Å². The summed E-state index contributed by atoms with van der Waals surface area (Å²) in [4.78, 5) is 13.5. The number of sulfonamides is 1. The van der Waals surface area contributed by atoms with Crippen molar-refractivity contribution >= 4 is 62.3 Å². The molecule has 0 aromatic heterocycles. The van der Waals surface area contributed by atoms with E-state index >= 15 is 0 Å². The molecule has 144 valence electrons. The van der Waals surface area contributed by atoms with E-state index in [-0.39, 0.29) is 26.2 Å². The smallest absolute Gasteiger partial charge is 0.337 e. The van der Waals surface area contributed by atoms with Gasteiger partial charge < -0.3 is 10.0 Å². The van der Waals surface area contributed by atoms with Gasteiger partial charge in [-0.25, -0.2) is 13.2 Å². The molecule has 0 bridgehead atoms. The van der Waals surface area contributed by atoms with Gasteiger partial charge in [-0.3, -0.25) is 4.72 Å². The minimum atomic E-state index is -4.02. The number of rotatable bonds is 5. The van der Waals surface area contributed by atoms with Crippen molar-refractivity contribution in [3.05, 3.63) is 52.0 Å². The zero-order valence-corrected chi connectivity index (χ0v) is 17.1. The maximum absolute atomic E-state index is 12.6. The summed E-state index contributed by atoms with van der Waals surface area (Å²) in [7, 11) is -4.02. The number of nitrogens with zero attached hydrogens (tertiary/aromatic N) is 1. The fraction of sp³-hybridized carbons (Fsp3) is 0.235. The molecule has 0 spiro atoms. The second kappa shape index (κ2) is 8.18. The lowest BCUT2D eigenvalue weighted by molar-refractivity contribution is 0.0697. The molecule has 1 fully saturated rings. The van der Waals surface area contributed by atoms with Crippen LogP contribution in [0.15, 0.2) is 41.3 Å². The van der Waals surface area contributed by atoms with Crippen LogP contribution in [-0.4, -0.2) is 44.1 Å². The van der Waals surface area contributed by atoms with E-state index < -0.39 is 16.0 Å². The predicted octanol–water partition coefficient (Wildman–Crippen LogP) is 4.05. The fourth-order valence-electron chi connectivity index (χ4n) is 2.74. The van der Waals surface area contributed by atoms with Gasteiger partial charge in [0, 0.05) is 35.3 Å². The molecule has 1 saturated heterocycles. The second-order valence-corrected chi connectivity index (χ2v) is 9.54. The van der Waals surface area contributed by atoms with E-state index in [2.05, 4.69) is 4.72 Å². The predicted molar refractivity (Wildman–Crippen MR) is 110 cm³/mol. The summed E-state index contributed by atoms with van der Waals surface area (Å²) in [5.41, 5.74) is 0.754. The van der Waals surface area contributed by atoms with Gasteiger partial charge in [0.25, 0.3) is 10.0 Å². The van der Waals surface area contributed by atoms with Gasteiger partial charge in [-0.05, 0) is 36.4 Å². The minimum Gasteiger partial charge on any atom is -0.478 e. The molecule has 0 unspecified atom stereocenters. The maximum atomic E-state index is 12.6. The third-order valence-corrected chi connectivity index (χ3v) is 7.05. The van der Waals surface area contributed by atoms with Gasteiger partial charge in [-0.15, -0.1) is 0 Å². The molecular weight excluding hydrogens is 431 g/mol. The van der Waals surface area contributed by atoms with E-state index in [0.717, 1.165) is 24.6 Å². The lowest BCUT2D eigenvalue weighted by atomic mass is 10.1. The molecule has 3 rings (SSSR count). The van der Waals surface area contributed by atoms with Gasteiger partial charge in [0.2, 0.25) is 0 Å². The number of thioether (sulfide) groups is 1. The monoisotopic (exact) mass is 446 g/mol. The van der Waals surface area contributed by atoms with Crippen LogP contribution in [0.1, 0.15) is 10.4 Å². The number of halogens is 2. The molecule has 1 heterocycles. The van der Waals surface area contributed by atoms with Crippen LogP contribution in [0.4, 0.5) is 11.4 Å². The highest BCUT2D eigenvalue weighted by molar-refractivity contribution is 7.99. The molecule has 6 nitrogen and oxygen atoms in total. The van der Waals surface area contributed by atoms with E-state index in [0.29, 0.717) is 5.69 Å². The Balaban J connectivity index is 1.94. The first kappa shape index (κ1) is 20.1. The molecule has 0 saturated carbocycles. The number of hydrogen-bond donors (Lipinski definition) is 2. The molecule has 1 aliphatic rings. The zero-order valence-electron chi connectivity index (χ0n) is 14.0. The highest BCUT2D eigenvalue weighted by Crippen LogP contribution is 2.30. The van der Waals surface area contributed by atoms with Crippen LogP contribution >= 0.6 is 35.0 Å². The van der Waals surface area contributed by atoms with Crippen LogP contribution in [0.5, 0.6) is 0 Å². The number of nitrogens with one attached hydrogen (secondary N) is 1. The Labute approximate surface area is 171 Å². The number of aromatic carboxylic acids is 1. The summed E-state index contributed by atoms with van der Waals surface area (Å²) >= 11 is 13.7. The van der Waals surface area contributed by atoms with Crippen molar-refractivity contribution in [2.75, 3.05) is 34.2 Å². The number of carboxylic acids is 1. The number of hydrogen-bond acceptors (Lipinski definition) is 5. The summed E-state index contributed by atoms with van der Waals surface area (Å²) < 4.78 is 27.6. The van der Waals surface area contributed by atoms with Crippen LogP contribution in [-0.2, 0) is 10.0 Å². The first-order valence-electron chi connectivity index (χ1n) is 7.96. The van der Waals surface area contributed by atoms with Gasteiger partial charge in [0.05, 0.1) is 16.3 Å². The number of benzene rings is 2. The van der Waals surface area contributed by atoms with Crippen molar-refractivity contribution < 1.29 is 18.3 Å². The van der Waals surface area contributed by atoms with Crippen molar-refractivity contribution in [1.82, 2.24) is 0 Å². The summed E-state index contributed by atoms with van der Waals surface area (Å²) in [6, 6.07) is 8.59. The third-order valence-electron chi connectivity index (χ3n) is 4.01. The van der Waals surface area contributed by atoms with Crippen LogP contribution in [0.25, 0.3) is 0 Å². The van der Waals surface area contributed by atoms with E-state index in [1.807, 2.05) is 16.7 Å². The Morgan fingerprint density at radius 2 is 1.81 bits per heavy atom. The maximum Gasteiger partial charge on any atom is 0.337 e. The average molecular weight is 447 g/mol. The van der Waals surface area contributed by atoms with Gasteiger partial charge in [-0.1, -0.05) is 23.2 Å². The largest absolute Gasteiger partial charge is 0.478 e. The van der Waals surface area contributed by atoms with Crippen molar-refractivity contribution in [3.63, 3.8) is 0 Å². The van der Waals surface area contributed by atoms with E-state index in [4.69, 9.17) is 23.2 Å². The zero-order chi connectivity index (χ0) is 19.6. The van der Waals surface area contributed by atoms with Gasteiger partial charge in [0.1, 0.15) is 4.90 Å². The Bertz CT molecular complexity index is 977. The molecule has 1 aliphatic heterocycles. The van der Waals surface area contributed by atoms with Crippen LogP contribution in [0.2, 0.25) is 10.0 Å². The molecule has 0 radical (unpaired) electrons. The highest BCUT2D eigenvalue weighted by Gasteiger charge is 2.22. The fourth-order valence-corrected chi connectivity index (χ4v) is 5.46. The lowest BCUT2D eigenvalue weighted by Crippen LogP contribution is -2.33. The van der Waals surface area contributed by atoms with Crippen molar-refractivity contribution in [2.45, 2.75) is 4.90 Å². The number of anilines is 2. The standard InChI is InChI=1S/C17H16Cl2N2O4S2/c18-11-1-3-14(19)16(9-11)27(24,25)20-12-2-4-15(13(10-12)17(22)23)21-5-7-26-8-6-21/h1-4,9-10,20H,5-8H2,(H,22,23). The molecule has 10 heteroatoms. The summed E-state index contributed by atoms with van der Waals surface area (Å²) in [6.45, 7) is 1.49. The van der Waals surface area contributed by atoms with Crippen molar-refractivity contribution in [3.8, 4) is 0 Å². The summed E-state index contributed by atoms with van der Waals surface area (Å²) in [5, 5.41) is 9.82. The van der Waals surface area contributed by atoms with Crippen LogP contribution < -0.4 is 9.62 Å². The summed E-state index contributed by atoms with van der Waals surface area (Å²) in [6.07, 6.45) is 0. The lowest BCUT2D eigenvalue weighted by Gasteiger charge is -2.29. The van der Waals surface area contributed by atoms with E-state index in [9.17, 15) is 18.3 Å². The highest BCUT2D eigenvalue weighted by atomic mass is 35.5. The van der Waals surface area contributed by atoms with Gasteiger partial charge >= 0.3 is 5.97 Å². The van der Waals surface area contributed by atoms with Gasteiger partial charge in [0.15, 0.2) is 0 Å². The first-order valence-corrected chi connectivity index (χ1v) is 11.4. The molecule has 0 atom stereocenters. The topological polar surface area (TPSA) is 86.7 Å². The number of carboxylic acid groups (broad SMARTS) is 1.